The first-order valence-electron chi connectivity index (χ1n) is 11.0. The largest absolute Gasteiger partial charge is 0.492 e. The first-order valence-corrected chi connectivity index (χ1v) is 11.0. The Hall–Kier alpha value is -4.65. The number of para-hydroxylation sites is 2. The lowest BCUT2D eigenvalue weighted by Gasteiger charge is -2.09. The molecule has 0 spiro atoms. The first kappa shape index (κ1) is 21.2. The molecule has 7 heteroatoms. The van der Waals surface area contributed by atoms with Crippen LogP contribution in [0.3, 0.4) is 0 Å². The van der Waals surface area contributed by atoms with Crippen LogP contribution in [0.2, 0.25) is 0 Å². The van der Waals surface area contributed by atoms with E-state index < -0.39 is 0 Å². The summed E-state index contributed by atoms with van der Waals surface area (Å²) in [5, 5.41) is 10.7. The number of anilines is 2. The Balaban J connectivity index is 1.25. The van der Waals surface area contributed by atoms with Crippen LogP contribution in [0.25, 0.3) is 16.9 Å². The maximum atomic E-state index is 12.5. The summed E-state index contributed by atoms with van der Waals surface area (Å²) in [4.78, 5) is 17.1. The van der Waals surface area contributed by atoms with E-state index in [9.17, 15) is 4.79 Å². The maximum absolute atomic E-state index is 12.5. The Morgan fingerprint density at radius 1 is 0.824 bits per heavy atom. The molecule has 0 radical (unpaired) electrons. The number of aromatic nitrogens is 3. The van der Waals surface area contributed by atoms with E-state index in [1.165, 1.54) is 0 Å². The van der Waals surface area contributed by atoms with Gasteiger partial charge in [0, 0.05) is 16.8 Å². The Labute approximate surface area is 197 Å². The zero-order chi connectivity index (χ0) is 23.2. The van der Waals surface area contributed by atoms with Gasteiger partial charge >= 0.3 is 0 Å². The molecule has 0 atom stereocenters. The summed E-state index contributed by atoms with van der Waals surface area (Å²) in [6, 6.07) is 32.6. The molecule has 2 N–H and O–H groups in total. The van der Waals surface area contributed by atoms with E-state index >= 15 is 0 Å². The number of hydrogen-bond donors (Lipinski definition) is 2. The predicted octanol–water partition coefficient (Wildman–Crippen LogP) is 4.95. The monoisotopic (exact) mass is 449 g/mol. The fourth-order valence-corrected chi connectivity index (χ4v) is 3.57. The van der Waals surface area contributed by atoms with Crippen molar-refractivity contribution in [1.82, 2.24) is 19.9 Å². The summed E-state index contributed by atoms with van der Waals surface area (Å²) in [7, 11) is 0. The molecular formula is C27H23N5O2. The first-order chi connectivity index (χ1) is 16.8. The molecule has 1 amide bonds. The summed E-state index contributed by atoms with van der Waals surface area (Å²) < 4.78 is 7.41. The second-order valence-electron chi connectivity index (χ2n) is 7.60. The van der Waals surface area contributed by atoms with Crippen LogP contribution in [-0.4, -0.2) is 33.7 Å². The summed E-state index contributed by atoms with van der Waals surface area (Å²) in [6.07, 6.45) is 0. The van der Waals surface area contributed by atoms with Gasteiger partial charge in [0.05, 0.1) is 12.2 Å². The minimum atomic E-state index is -0.142. The van der Waals surface area contributed by atoms with Gasteiger partial charge in [-0.2, -0.15) is 4.98 Å². The molecule has 0 fully saturated rings. The Morgan fingerprint density at radius 3 is 2.32 bits per heavy atom. The van der Waals surface area contributed by atoms with Gasteiger partial charge in [0.25, 0.3) is 5.91 Å². The van der Waals surface area contributed by atoms with Crippen LogP contribution in [-0.2, 0) is 0 Å². The number of carbonyl (C=O) groups excluding carboxylic acids is 1. The zero-order valence-electron chi connectivity index (χ0n) is 18.4. The smallest absolute Gasteiger partial charge is 0.251 e. The predicted molar refractivity (Wildman–Crippen MR) is 132 cm³/mol. The summed E-state index contributed by atoms with van der Waals surface area (Å²) in [6.45, 7) is 0.826. The van der Waals surface area contributed by atoms with Crippen molar-refractivity contribution in [3.8, 4) is 17.0 Å². The van der Waals surface area contributed by atoms with E-state index in [1.807, 2.05) is 103 Å². The van der Waals surface area contributed by atoms with Crippen LogP contribution in [0.5, 0.6) is 5.75 Å². The SMILES string of the molecule is O=C(NCCOc1ccccc1)c1ccc(-c2cccc3nc(Nc4ccccc4)nn23)cc1. The van der Waals surface area contributed by atoms with Gasteiger partial charge in [-0.15, -0.1) is 5.10 Å². The molecule has 0 aliphatic carbocycles. The molecule has 168 valence electrons. The highest BCUT2D eigenvalue weighted by Crippen LogP contribution is 2.22. The highest BCUT2D eigenvalue weighted by Gasteiger charge is 2.11. The van der Waals surface area contributed by atoms with Crippen molar-refractivity contribution in [2.24, 2.45) is 0 Å². The average Bonchev–Trinajstić information content (AvgIpc) is 3.30. The lowest BCUT2D eigenvalue weighted by Crippen LogP contribution is -2.28. The summed E-state index contributed by atoms with van der Waals surface area (Å²) >= 11 is 0. The number of benzene rings is 3. The molecule has 7 nitrogen and oxygen atoms in total. The molecule has 0 unspecified atom stereocenters. The Morgan fingerprint density at radius 2 is 1.56 bits per heavy atom. The van der Waals surface area contributed by atoms with Crippen LogP contribution >= 0.6 is 0 Å². The zero-order valence-corrected chi connectivity index (χ0v) is 18.4. The third-order valence-electron chi connectivity index (χ3n) is 5.23. The maximum Gasteiger partial charge on any atom is 0.251 e. The molecular weight excluding hydrogens is 426 g/mol. The lowest BCUT2D eigenvalue weighted by molar-refractivity contribution is 0.0947. The second kappa shape index (κ2) is 9.87. The van der Waals surface area contributed by atoms with Crippen LogP contribution in [0.15, 0.2) is 103 Å². The van der Waals surface area contributed by atoms with Crippen LogP contribution in [0, 0.1) is 0 Å². The fourth-order valence-electron chi connectivity index (χ4n) is 3.57. The minimum absolute atomic E-state index is 0.142. The highest BCUT2D eigenvalue weighted by molar-refractivity contribution is 5.94. The van der Waals surface area contributed by atoms with E-state index in [1.54, 1.807) is 4.52 Å². The van der Waals surface area contributed by atoms with Crippen LogP contribution in [0.4, 0.5) is 11.6 Å². The molecule has 2 heterocycles. The van der Waals surface area contributed by atoms with E-state index in [0.717, 1.165) is 28.3 Å². The molecule has 0 bridgehead atoms. The van der Waals surface area contributed by atoms with Crippen molar-refractivity contribution >= 4 is 23.2 Å². The fraction of sp³-hybridized carbons (Fsp3) is 0.0741. The van der Waals surface area contributed by atoms with Crippen LogP contribution in [0.1, 0.15) is 10.4 Å². The van der Waals surface area contributed by atoms with Crippen molar-refractivity contribution in [2.45, 2.75) is 0 Å². The number of ether oxygens (including phenoxy) is 1. The standard InChI is InChI=1S/C27H23N5O2/c33-26(28-18-19-34-23-10-5-2-6-11-23)21-16-14-20(15-17-21)24-12-7-13-25-30-27(31-32(24)25)29-22-8-3-1-4-9-22/h1-17H,18-19H2,(H,28,33)(H,29,31). The third-order valence-corrected chi connectivity index (χ3v) is 5.23. The number of nitrogens with one attached hydrogen (secondary N) is 2. The van der Waals surface area contributed by atoms with E-state index in [-0.39, 0.29) is 5.91 Å². The number of hydrogen-bond acceptors (Lipinski definition) is 5. The number of amides is 1. The molecule has 0 saturated carbocycles. The molecule has 5 aromatic rings. The van der Waals surface area contributed by atoms with Gasteiger partial charge in [-0.25, -0.2) is 4.52 Å². The Bertz CT molecular complexity index is 1380. The van der Waals surface area contributed by atoms with Gasteiger partial charge in [-0.3, -0.25) is 4.79 Å². The van der Waals surface area contributed by atoms with Gasteiger partial charge in [-0.1, -0.05) is 54.6 Å². The third kappa shape index (κ3) is 4.88. The topological polar surface area (TPSA) is 80.5 Å². The van der Waals surface area contributed by atoms with E-state index in [4.69, 9.17) is 4.74 Å². The number of fused-ring (bicyclic) bond motifs is 1. The normalized spacial score (nSPS) is 10.7. The second-order valence-corrected chi connectivity index (χ2v) is 7.60. The van der Waals surface area contributed by atoms with Gasteiger partial charge in [0.1, 0.15) is 12.4 Å². The van der Waals surface area contributed by atoms with E-state index in [0.29, 0.717) is 24.7 Å². The van der Waals surface area contributed by atoms with Crippen molar-refractivity contribution in [2.75, 3.05) is 18.5 Å². The molecule has 0 saturated heterocycles. The number of carbonyl (C=O) groups is 1. The van der Waals surface area contributed by atoms with Crippen molar-refractivity contribution < 1.29 is 9.53 Å². The number of rotatable bonds is 8. The van der Waals surface area contributed by atoms with E-state index in [2.05, 4.69) is 20.7 Å². The Kier molecular flexibility index (Phi) is 6.16. The highest BCUT2D eigenvalue weighted by atomic mass is 16.5. The average molecular weight is 450 g/mol. The lowest BCUT2D eigenvalue weighted by atomic mass is 10.1. The molecule has 0 aliphatic heterocycles. The molecule has 3 aromatic carbocycles. The summed E-state index contributed by atoms with van der Waals surface area (Å²) in [5.74, 6) is 1.16. The van der Waals surface area contributed by atoms with Crippen LogP contribution < -0.4 is 15.4 Å². The molecule has 0 aliphatic rings. The number of pyridine rings is 1. The van der Waals surface area contributed by atoms with Gasteiger partial charge < -0.3 is 15.4 Å². The minimum Gasteiger partial charge on any atom is -0.492 e. The summed E-state index contributed by atoms with van der Waals surface area (Å²) in [5.41, 5.74) is 4.06. The molecule has 2 aromatic heterocycles. The molecule has 34 heavy (non-hydrogen) atoms. The van der Waals surface area contributed by atoms with Crippen molar-refractivity contribution in [1.29, 1.82) is 0 Å². The quantitative estimate of drug-likeness (QED) is 0.328. The molecule has 5 rings (SSSR count). The van der Waals surface area contributed by atoms with Gasteiger partial charge in [0.15, 0.2) is 5.65 Å². The van der Waals surface area contributed by atoms with Crippen molar-refractivity contribution in [3.05, 3.63) is 109 Å². The van der Waals surface area contributed by atoms with Gasteiger partial charge in [-0.05, 0) is 48.5 Å². The van der Waals surface area contributed by atoms with Gasteiger partial charge in [0.2, 0.25) is 5.95 Å². The number of nitrogens with zero attached hydrogens (tertiary/aromatic N) is 3. The van der Waals surface area contributed by atoms with Crippen molar-refractivity contribution in [3.63, 3.8) is 0 Å².